The molecule has 0 bridgehead atoms. The van der Waals surface area contributed by atoms with Gasteiger partial charge in [-0.05, 0) is 55.8 Å². The average molecular weight is 522 g/mol. The van der Waals surface area contributed by atoms with Crippen LogP contribution in [-0.4, -0.2) is 40.2 Å². The number of aryl methyl sites for hydroxylation is 1. The van der Waals surface area contributed by atoms with Gasteiger partial charge in [-0.25, -0.2) is 4.90 Å². The molecule has 1 fully saturated rings. The quantitative estimate of drug-likeness (QED) is 0.236. The van der Waals surface area contributed by atoms with E-state index in [1.807, 2.05) is 38.1 Å². The molecule has 0 aromatic heterocycles. The normalized spacial score (nSPS) is 15.1. The Balaban J connectivity index is 1.69. The molecule has 1 saturated heterocycles. The number of carbonyl (C=O) groups is 3. The Bertz CT molecular complexity index is 1360. The highest BCUT2D eigenvalue weighted by Gasteiger charge is 2.44. The van der Waals surface area contributed by atoms with Gasteiger partial charge in [0.05, 0.1) is 23.6 Å². The van der Waals surface area contributed by atoms with Crippen molar-refractivity contribution < 1.29 is 24.0 Å². The second-order valence-corrected chi connectivity index (χ2v) is 8.96. The number of ether oxygens (including phenoxy) is 1. The summed E-state index contributed by atoms with van der Waals surface area (Å²) in [7, 11) is 0. The van der Waals surface area contributed by atoms with Crippen LogP contribution < -0.4 is 9.64 Å². The molecule has 1 atom stereocenters. The molecule has 1 heterocycles. The Hall–Kier alpha value is -4.24. The summed E-state index contributed by atoms with van der Waals surface area (Å²) in [6.45, 7) is 4.27. The topological polar surface area (TPSA) is 110 Å². The van der Waals surface area contributed by atoms with Crippen LogP contribution in [0, 0.1) is 17.0 Å². The van der Waals surface area contributed by atoms with Crippen LogP contribution in [0.4, 0.5) is 11.4 Å². The van der Waals surface area contributed by atoms with Crippen molar-refractivity contribution >= 4 is 40.7 Å². The maximum atomic E-state index is 13.7. The van der Waals surface area contributed by atoms with E-state index in [1.54, 1.807) is 24.3 Å². The molecule has 0 aliphatic carbocycles. The molecular weight excluding hydrogens is 498 g/mol. The van der Waals surface area contributed by atoms with Crippen molar-refractivity contribution in [2.75, 3.05) is 11.5 Å². The molecule has 9 nitrogen and oxygen atoms in total. The molecule has 0 N–H and O–H groups in total. The van der Waals surface area contributed by atoms with Crippen LogP contribution in [0.15, 0.2) is 66.7 Å². The number of hydrogen-bond donors (Lipinski definition) is 0. The molecule has 3 aromatic carbocycles. The van der Waals surface area contributed by atoms with Crippen LogP contribution in [0.5, 0.6) is 5.75 Å². The molecule has 3 aromatic rings. The zero-order valence-electron chi connectivity index (χ0n) is 20.2. The van der Waals surface area contributed by atoms with Crippen molar-refractivity contribution in [1.29, 1.82) is 0 Å². The van der Waals surface area contributed by atoms with Gasteiger partial charge in [0.25, 0.3) is 17.5 Å². The summed E-state index contributed by atoms with van der Waals surface area (Å²) < 4.78 is 5.43. The first-order chi connectivity index (χ1) is 17.7. The standard InChI is InChI=1S/C27H24ClN3O6/c1-3-37-21-11-9-20(10-12-21)30-25(32)15-24(27(30)34)29(16-18-6-4-17(2)5-7-18)26(33)19-8-13-22(28)23(14-19)31(35)36/h4-14,24H,3,15-16H2,1-2H3. The molecule has 1 aliphatic rings. The second-order valence-electron chi connectivity index (χ2n) is 8.56. The first-order valence-corrected chi connectivity index (χ1v) is 12.0. The zero-order valence-corrected chi connectivity index (χ0v) is 21.0. The van der Waals surface area contributed by atoms with Crippen molar-refractivity contribution in [2.45, 2.75) is 32.9 Å². The minimum atomic E-state index is -1.09. The molecule has 4 rings (SSSR count). The summed E-state index contributed by atoms with van der Waals surface area (Å²) in [6.07, 6.45) is -0.223. The Morgan fingerprint density at radius 3 is 2.41 bits per heavy atom. The van der Waals surface area contributed by atoms with E-state index in [0.717, 1.165) is 22.1 Å². The first-order valence-electron chi connectivity index (χ1n) is 11.6. The van der Waals surface area contributed by atoms with E-state index < -0.39 is 34.4 Å². The number of nitro benzene ring substituents is 1. The number of anilines is 1. The molecule has 10 heteroatoms. The molecule has 1 unspecified atom stereocenters. The third-order valence-electron chi connectivity index (χ3n) is 6.03. The number of benzene rings is 3. The molecular formula is C27H24ClN3O6. The van der Waals surface area contributed by atoms with Crippen molar-refractivity contribution in [1.82, 2.24) is 4.90 Å². The Morgan fingerprint density at radius 2 is 1.78 bits per heavy atom. The van der Waals surface area contributed by atoms with E-state index >= 15 is 0 Å². The third kappa shape index (κ3) is 5.46. The minimum Gasteiger partial charge on any atom is -0.494 e. The van der Waals surface area contributed by atoms with Crippen molar-refractivity contribution in [3.05, 3.63) is 98.6 Å². The lowest BCUT2D eigenvalue weighted by molar-refractivity contribution is -0.384. The summed E-state index contributed by atoms with van der Waals surface area (Å²) in [6, 6.07) is 16.6. The molecule has 1 aliphatic heterocycles. The number of rotatable bonds is 8. The van der Waals surface area contributed by atoms with Gasteiger partial charge < -0.3 is 9.64 Å². The van der Waals surface area contributed by atoms with E-state index in [2.05, 4.69) is 0 Å². The Labute approximate surface area is 218 Å². The van der Waals surface area contributed by atoms with Crippen LogP contribution in [0.25, 0.3) is 0 Å². The number of nitro groups is 1. The summed E-state index contributed by atoms with van der Waals surface area (Å²) >= 11 is 5.93. The van der Waals surface area contributed by atoms with Crippen molar-refractivity contribution in [3.63, 3.8) is 0 Å². The third-order valence-corrected chi connectivity index (χ3v) is 6.35. The summed E-state index contributed by atoms with van der Waals surface area (Å²) in [4.78, 5) is 53.2. The molecule has 0 saturated carbocycles. The van der Waals surface area contributed by atoms with Crippen LogP contribution in [-0.2, 0) is 16.1 Å². The first kappa shape index (κ1) is 25.8. The van der Waals surface area contributed by atoms with E-state index in [1.165, 1.54) is 17.0 Å². The van der Waals surface area contributed by atoms with E-state index in [-0.39, 0.29) is 23.6 Å². The second kappa shape index (κ2) is 10.8. The SMILES string of the molecule is CCOc1ccc(N2C(=O)CC(N(Cc3ccc(C)cc3)C(=O)c3ccc(Cl)c([N+](=O)[O-])c3)C2=O)cc1. The molecule has 0 spiro atoms. The molecule has 190 valence electrons. The van der Waals surface area contributed by atoms with Gasteiger partial charge in [-0.1, -0.05) is 41.4 Å². The average Bonchev–Trinajstić information content (AvgIpc) is 3.17. The smallest absolute Gasteiger partial charge is 0.288 e. The van der Waals surface area contributed by atoms with E-state index in [9.17, 15) is 24.5 Å². The highest BCUT2D eigenvalue weighted by atomic mass is 35.5. The summed E-state index contributed by atoms with van der Waals surface area (Å²) in [5, 5.41) is 11.3. The fourth-order valence-corrected chi connectivity index (χ4v) is 4.34. The predicted octanol–water partition coefficient (Wildman–Crippen LogP) is 4.93. The van der Waals surface area contributed by atoms with Gasteiger partial charge in [-0.2, -0.15) is 0 Å². The highest BCUT2D eigenvalue weighted by molar-refractivity contribution is 6.32. The van der Waals surface area contributed by atoms with Gasteiger partial charge in [0, 0.05) is 18.2 Å². The van der Waals surface area contributed by atoms with Crippen molar-refractivity contribution in [2.24, 2.45) is 0 Å². The number of halogens is 1. The highest BCUT2D eigenvalue weighted by Crippen LogP contribution is 2.31. The van der Waals surface area contributed by atoms with Gasteiger partial charge in [0.2, 0.25) is 5.91 Å². The van der Waals surface area contributed by atoms with E-state index in [0.29, 0.717) is 18.0 Å². The number of imide groups is 1. The lowest BCUT2D eigenvalue weighted by Gasteiger charge is -2.28. The van der Waals surface area contributed by atoms with Gasteiger partial charge in [0.15, 0.2) is 0 Å². The number of nitrogens with zero attached hydrogens (tertiary/aromatic N) is 3. The predicted molar refractivity (Wildman–Crippen MR) is 138 cm³/mol. The largest absolute Gasteiger partial charge is 0.494 e. The molecule has 0 radical (unpaired) electrons. The van der Waals surface area contributed by atoms with Crippen LogP contribution in [0.1, 0.15) is 34.8 Å². The summed E-state index contributed by atoms with van der Waals surface area (Å²) in [5.74, 6) is -1.04. The van der Waals surface area contributed by atoms with Gasteiger partial charge in [-0.15, -0.1) is 0 Å². The van der Waals surface area contributed by atoms with Gasteiger partial charge in [0.1, 0.15) is 16.8 Å². The fourth-order valence-electron chi connectivity index (χ4n) is 4.15. The van der Waals surface area contributed by atoms with Crippen LogP contribution in [0.3, 0.4) is 0 Å². The fraction of sp³-hybridized carbons (Fsp3) is 0.222. The minimum absolute atomic E-state index is 0.0111. The van der Waals surface area contributed by atoms with Gasteiger partial charge >= 0.3 is 0 Å². The van der Waals surface area contributed by atoms with Crippen molar-refractivity contribution in [3.8, 4) is 5.75 Å². The molecule has 37 heavy (non-hydrogen) atoms. The lowest BCUT2D eigenvalue weighted by Crippen LogP contribution is -2.45. The molecule has 3 amide bonds. The zero-order chi connectivity index (χ0) is 26.7. The lowest BCUT2D eigenvalue weighted by atomic mass is 10.1. The summed E-state index contributed by atoms with van der Waals surface area (Å²) in [5.41, 5.74) is 1.69. The van der Waals surface area contributed by atoms with Gasteiger partial charge in [-0.3, -0.25) is 24.5 Å². The monoisotopic (exact) mass is 521 g/mol. The number of hydrogen-bond acceptors (Lipinski definition) is 6. The Morgan fingerprint density at radius 1 is 1.11 bits per heavy atom. The maximum Gasteiger partial charge on any atom is 0.288 e. The number of amides is 3. The van der Waals surface area contributed by atoms with Crippen LogP contribution >= 0.6 is 11.6 Å². The van der Waals surface area contributed by atoms with Crippen LogP contribution in [0.2, 0.25) is 5.02 Å². The van der Waals surface area contributed by atoms with E-state index in [4.69, 9.17) is 16.3 Å². The maximum absolute atomic E-state index is 13.7. The number of carbonyl (C=O) groups excluding carboxylic acids is 3. The Kier molecular flexibility index (Phi) is 7.54.